The first-order chi connectivity index (χ1) is 9.06. The van der Waals surface area contributed by atoms with E-state index in [4.69, 9.17) is 0 Å². The molecule has 0 radical (unpaired) electrons. The molecule has 0 fully saturated rings. The Labute approximate surface area is 119 Å². The number of benzene rings is 2. The quantitative estimate of drug-likeness (QED) is 0.867. The summed E-state index contributed by atoms with van der Waals surface area (Å²) in [6.07, 6.45) is 0. The molecule has 0 aromatic heterocycles. The Morgan fingerprint density at radius 2 is 1.79 bits per heavy atom. The molecule has 2 aromatic carbocycles. The van der Waals surface area contributed by atoms with Crippen molar-refractivity contribution in [2.75, 3.05) is 0 Å². The zero-order chi connectivity index (χ0) is 13.8. The van der Waals surface area contributed by atoms with Gasteiger partial charge in [-0.05, 0) is 30.7 Å². The van der Waals surface area contributed by atoms with E-state index in [2.05, 4.69) is 21.2 Å². The highest BCUT2D eigenvalue weighted by Crippen LogP contribution is 2.17. The third-order valence-electron chi connectivity index (χ3n) is 2.98. The average molecular weight is 326 g/mol. The van der Waals surface area contributed by atoms with Crippen LogP contribution in [0.5, 0.6) is 0 Å². The van der Waals surface area contributed by atoms with Crippen molar-refractivity contribution >= 4 is 15.9 Å². The predicted octanol–water partition coefficient (Wildman–Crippen LogP) is 4.58. The average Bonchev–Trinajstić information content (AvgIpc) is 2.38. The fourth-order valence-corrected chi connectivity index (χ4v) is 2.06. The van der Waals surface area contributed by atoms with E-state index in [9.17, 15) is 8.78 Å². The highest BCUT2D eigenvalue weighted by Gasteiger charge is 2.07. The lowest BCUT2D eigenvalue weighted by atomic mass is 10.1. The van der Waals surface area contributed by atoms with E-state index in [0.29, 0.717) is 12.1 Å². The Morgan fingerprint density at radius 3 is 2.42 bits per heavy atom. The molecule has 100 valence electrons. The van der Waals surface area contributed by atoms with Gasteiger partial charge in [-0.1, -0.05) is 34.1 Å². The molecule has 2 rings (SSSR count). The first-order valence-electron chi connectivity index (χ1n) is 5.99. The summed E-state index contributed by atoms with van der Waals surface area (Å²) in [5.41, 5.74) is 1.58. The molecule has 1 unspecified atom stereocenters. The van der Waals surface area contributed by atoms with Crippen molar-refractivity contribution in [2.24, 2.45) is 0 Å². The second-order valence-corrected chi connectivity index (χ2v) is 5.31. The van der Waals surface area contributed by atoms with Crippen LogP contribution in [0, 0.1) is 11.6 Å². The van der Waals surface area contributed by atoms with Gasteiger partial charge >= 0.3 is 0 Å². The third kappa shape index (κ3) is 3.85. The van der Waals surface area contributed by atoms with Crippen LogP contribution in [-0.4, -0.2) is 0 Å². The third-order valence-corrected chi connectivity index (χ3v) is 3.51. The fraction of sp³-hybridized carbons (Fsp3) is 0.200. The lowest BCUT2D eigenvalue weighted by molar-refractivity contribution is 0.533. The minimum atomic E-state index is -0.554. The van der Waals surface area contributed by atoms with Crippen LogP contribution in [0.25, 0.3) is 0 Å². The summed E-state index contributed by atoms with van der Waals surface area (Å²) in [4.78, 5) is 0. The maximum absolute atomic E-state index is 13.5. The number of hydrogen-bond donors (Lipinski definition) is 1. The van der Waals surface area contributed by atoms with E-state index in [1.54, 1.807) is 0 Å². The molecule has 0 amide bonds. The SMILES string of the molecule is CC(NCc1ccc(F)cc1F)c1ccc(Br)cc1. The zero-order valence-corrected chi connectivity index (χ0v) is 12.0. The van der Waals surface area contributed by atoms with Gasteiger partial charge in [0.2, 0.25) is 0 Å². The Morgan fingerprint density at radius 1 is 1.11 bits per heavy atom. The Kier molecular flexibility index (Phi) is 4.66. The predicted molar refractivity (Wildman–Crippen MR) is 75.8 cm³/mol. The van der Waals surface area contributed by atoms with Gasteiger partial charge in [0.1, 0.15) is 11.6 Å². The topological polar surface area (TPSA) is 12.0 Å². The van der Waals surface area contributed by atoms with E-state index in [-0.39, 0.29) is 6.04 Å². The highest BCUT2D eigenvalue weighted by atomic mass is 79.9. The van der Waals surface area contributed by atoms with Gasteiger partial charge in [0, 0.05) is 28.7 Å². The normalized spacial score (nSPS) is 12.4. The summed E-state index contributed by atoms with van der Waals surface area (Å²) in [6.45, 7) is 2.37. The standard InChI is InChI=1S/C15H14BrF2N/c1-10(11-2-5-13(16)6-3-11)19-9-12-4-7-14(17)8-15(12)18/h2-8,10,19H,9H2,1H3. The molecule has 0 saturated carbocycles. The summed E-state index contributed by atoms with van der Waals surface area (Å²) < 4.78 is 27.3. The molecule has 0 aliphatic carbocycles. The summed E-state index contributed by atoms with van der Waals surface area (Å²) in [6, 6.07) is 11.7. The molecule has 0 aliphatic heterocycles. The van der Waals surface area contributed by atoms with Crippen molar-refractivity contribution in [3.05, 3.63) is 69.7 Å². The molecule has 0 aliphatic rings. The van der Waals surface area contributed by atoms with Crippen molar-refractivity contribution < 1.29 is 8.78 Å². The number of halogens is 3. The Balaban J connectivity index is 2.00. The fourth-order valence-electron chi connectivity index (χ4n) is 1.80. The van der Waals surface area contributed by atoms with E-state index in [1.807, 2.05) is 31.2 Å². The monoisotopic (exact) mass is 325 g/mol. The minimum Gasteiger partial charge on any atom is -0.306 e. The van der Waals surface area contributed by atoms with E-state index in [0.717, 1.165) is 16.1 Å². The number of rotatable bonds is 4. The maximum atomic E-state index is 13.5. The first kappa shape index (κ1) is 14.2. The molecule has 4 heteroatoms. The smallest absolute Gasteiger partial charge is 0.130 e. The number of hydrogen-bond acceptors (Lipinski definition) is 1. The summed E-state index contributed by atoms with van der Waals surface area (Å²) in [7, 11) is 0. The molecule has 2 aromatic rings. The molecule has 0 spiro atoms. The van der Waals surface area contributed by atoms with E-state index in [1.165, 1.54) is 12.1 Å². The number of nitrogens with one attached hydrogen (secondary N) is 1. The molecule has 0 saturated heterocycles. The molecule has 1 nitrogen and oxygen atoms in total. The molecular formula is C15H14BrF2N. The van der Waals surface area contributed by atoms with Crippen LogP contribution >= 0.6 is 15.9 Å². The van der Waals surface area contributed by atoms with Crippen molar-refractivity contribution in [1.82, 2.24) is 5.32 Å². The van der Waals surface area contributed by atoms with Gasteiger partial charge in [0.15, 0.2) is 0 Å². The van der Waals surface area contributed by atoms with Gasteiger partial charge in [-0.15, -0.1) is 0 Å². The second-order valence-electron chi connectivity index (χ2n) is 4.39. The molecule has 1 atom stereocenters. The molecule has 0 heterocycles. The molecular weight excluding hydrogens is 312 g/mol. The molecule has 1 N–H and O–H groups in total. The van der Waals surface area contributed by atoms with Gasteiger partial charge in [-0.25, -0.2) is 8.78 Å². The lowest BCUT2D eigenvalue weighted by Gasteiger charge is -2.14. The van der Waals surface area contributed by atoms with Crippen molar-refractivity contribution in [3.8, 4) is 0 Å². The van der Waals surface area contributed by atoms with Crippen LogP contribution in [0.3, 0.4) is 0 Å². The van der Waals surface area contributed by atoms with Crippen molar-refractivity contribution in [3.63, 3.8) is 0 Å². The van der Waals surface area contributed by atoms with Crippen LogP contribution in [0.15, 0.2) is 46.9 Å². The summed E-state index contributed by atoms with van der Waals surface area (Å²) >= 11 is 3.38. The Bertz CT molecular complexity index is 555. The van der Waals surface area contributed by atoms with Gasteiger partial charge in [-0.2, -0.15) is 0 Å². The first-order valence-corrected chi connectivity index (χ1v) is 6.78. The van der Waals surface area contributed by atoms with Gasteiger partial charge in [-0.3, -0.25) is 0 Å². The van der Waals surface area contributed by atoms with Crippen LogP contribution in [0.4, 0.5) is 8.78 Å². The van der Waals surface area contributed by atoms with Gasteiger partial charge in [0.25, 0.3) is 0 Å². The molecule has 0 bridgehead atoms. The van der Waals surface area contributed by atoms with E-state index < -0.39 is 11.6 Å². The van der Waals surface area contributed by atoms with Gasteiger partial charge in [0.05, 0.1) is 0 Å². The van der Waals surface area contributed by atoms with Crippen molar-refractivity contribution in [2.45, 2.75) is 19.5 Å². The van der Waals surface area contributed by atoms with Crippen LogP contribution in [0.1, 0.15) is 24.1 Å². The van der Waals surface area contributed by atoms with Crippen LogP contribution in [0.2, 0.25) is 0 Å². The lowest BCUT2D eigenvalue weighted by Crippen LogP contribution is -2.18. The highest BCUT2D eigenvalue weighted by molar-refractivity contribution is 9.10. The largest absolute Gasteiger partial charge is 0.306 e. The second kappa shape index (κ2) is 6.26. The zero-order valence-electron chi connectivity index (χ0n) is 10.5. The molecule has 19 heavy (non-hydrogen) atoms. The van der Waals surface area contributed by atoms with E-state index >= 15 is 0 Å². The summed E-state index contributed by atoms with van der Waals surface area (Å²) in [5.74, 6) is -1.07. The van der Waals surface area contributed by atoms with Crippen LogP contribution < -0.4 is 5.32 Å². The maximum Gasteiger partial charge on any atom is 0.130 e. The van der Waals surface area contributed by atoms with Gasteiger partial charge < -0.3 is 5.32 Å². The van der Waals surface area contributed by atoms with Crippen LogP contribution in [-0.2, 0) is 6.54 Å². The minimum absolute atomic E-state index is 0.0950. The summed E-state index contributed by atoms with van der Waals surface area (Å²) in [5, 5.41) is 3.22. The Hall–Kier alpha value is -1.26. The van der Waals surface area contributed by atoms with Crippen molar-refractivity contribution in [1.29, 1.82) is 0 Å².